The molecule has 0 unspecified atom stereocenters. The minimum atomic E-state index is -0.00263. The first-order valence-corrected chi connectivity index (χ1v) is 6.82. The largest absolute Gasteiger partial charge is 0.302 e. The van der Waals surface area contributed by atoms with E-state index < -0.39 is 0 Å². The van der Waals surface area contributed by atoms with Crippen LogP contribution < -0.4 is 5.32 Å². The van der Waals surface area contributed by atoms with Gasteiger partial charge in [-0.25, -0.2) is 4.98 Å². The maximum atomic E-state index is 11.8. The molecule has 96 valence electrons. The van der Waals surface area contributed by atoms with Crippen LogP contribution in [0.15, 0.2) is 18.2 Å². The molecule has 0 spiro atoms. The number of nitrogens with zero attached hydrogens (tertiary/aromatic N) is 1. The van der Waals surface area contributed by atoms with Gasteiger partial charge in [-0.15, -0.1) is 0 Å². The summed E-state index contributed by atoms with van der Waals surface area (Å²) in [6.45, 7) is 8.20. The first kappa shape index (κ1) is 13.0. The average molecular weight is 262 g/mol. The molecule has 0 saturated heterocycles. The molecule has 2 aromatic rings. The van der Waals surface area contributed by atoms with E-state index in [-0.39, 0.29) is 11.3 Å². The fourth-order valence-corrected chi connectivity index (χ4v) is 2.71. The summed E-state index contributed by atoms with van der Waals surface area (Å²) < 4.78 is 1.11. The van der Waals surface area contributed by atoms with E-state index in [4.69, 9.17) is 0 Å². The van der Waals surface area contributed by atoms with Crippen molar-refractivity contribution in [1.82, 2.24) is 4.98 Å². The zero-order valence-corrected chi connectivity index (χ0v) is 12.0. The zero-order chi connectivity index (χ0) is 13.3. The van der Waals surface area contributed by atoms with Crippen molar-refractivity contribution in [2.24, 2.45) is 5.41 Å². The molecule has 2 rings (SSSR count). The molecule has 1 N–H and O–H groups in total. The molecule has 0 saturated carbocycles. The highest BCUT2D eigenvalue weighted by molar-refractivity contribution is 7.22. The lowest BCUT2D eigenvalue weighted by Gasteiger charge is -2.16. The Hall–Kier alpha value is -1.42. The molecule has 1 aromatic heterocycles. The fourth-order valence-electron chi connectivity index (χ4n) is 1.73. The molecule has 0 aliphatic carbocycles. The minimum absolute atomic E-state index is 0.00263. The molecule has 4 heteroatoms. The maximum Gasteiger partial charge on any atom is 0.226 e. The summed E-state index contributed by atoms with van der Waals surface area (Å²) in [5, 5.41) is 3.56. The molecule has 0 aliphatic heterocycles. The maximum absolute atomic E-state index is 11.8. The molecule has 1 amide bonds. The number of aryl methyl sites for hydroxylation is 1. The highest BCUT2D eigenvalue weighted by Crippen LogP contribution is 2.27. The van der Waals surface area contributed by atoms with Crippen LogP contribution in [0.2, 0.25) is 0 Å². The number of carbonyl (C=O) groups excluding carboxylic acids is 1. The van der Waals surface area contributed by atoms with Crippen molar-refractivity contribution in [2.45, 2.75) is 34.1 Å². The number of nitrogens with one attached hydrogen (secondary N) is 1. The van der Waals surface area contributed by atoms with Crippen LogP contribution in [0.5, 0.6) is 0 Å². The third-order valence-corrected chi connectivity index (χ3v) is 3.41. The van der Waals surface area contributed by atoms with Gasteiger partial charge in [0, 0.05) is 6.42 Å². The van der Waals surface area contributed by atoms with Gasteiger partial charge in [-0.2, -0.15) is 0 Å². The first-order chi connectivity index (χ1) is 8.33. The van der Waals surface area contributed by atoms with E-state index in [0.29, 0.717) is 11.6 Å². The lowest BCUT2D eigenvalue weighted by molar-refractivity contribution is -0.117. The van der Waals surface area contributed by atoms with Crippen molar-refractivity contribution in [3.05, 3.63) is 23.8 Å². The van der Waals surface area contributed by atoms with Crippen molar-refractivity contribution in [3.63, 3.8) is 0 Å². The van der Waals surface area contributed by atoms with Gasteiger partial charge < -0.3 is 5.32 Å². The van der Waals surface area contributed by atoms with Crippen LogP contribution in [0.4, 0.5) is 5.13 Å². The van der Waals surface area contributed by atoms with Gasteiger partial charge in [-0.3, -0.25) is 4.79 Å². The van der Waals surface area contributed by atoms with Crippen LogP contribution >= 0.6 is 11.3 Å². The SMILES string of the molecule is Cc1ccc2nc(NC(=O)CC(C)(C)C)sc2c1. The standard InChI is InChI=1S/C14H18N2OS/c1-9-5-6-10-11(7-9)18-13(15-10)16-12(17)8-14(2,3)4/h5-7H,8H2,1-4H3,(H,15,16,17). The number of carbonyl (C=O) groups is 1. The predicted molar refractivity (Wildman–Crippen MR) is 77.1 cm³/mol. The molecule has 0 radical (unpaired) electrons. The fraction of sp³-hybridized carbons (Fsp3) is 0.429. The van der Waals surface area contributed by atoms with Gasteiger partial charge in [0.2, 0.25) is 5.91 Å². The number of thiazole rings is 1. The average Bonchev–Trinajstić information content (AvgIpc) is 2.55. The van der Waals surface area contributed by atoms with Gasteiger partial charge >= 0.3 is 0 Å². The van der Waals surface area contributed by atoms with Crippen LogP contribution in [-0.2, 0) is 4.79 Å². The van der Waals surface area contributed by atoms with Crippen molar-refractivity contribution in [1.29, 1.82) is 0 Å². The van der Waals surface area contributed by atoms with Crippen LogP contribution in [0.1, 0.15) is 32.8 Å². The summed E-state index contributed by atoms with van der Waals surface area (Å²) in [4.78, 5) is 16.2. The second-order valence-corrected chi connectivity index (χ2v) is 6.81. The first-order valence-electron chi connectivity index (χ1n) is 6.00. The second-order valence-electron chi connectivity index (χ2n) is 5.78. The van der Waals surface area contributed by atoms with Crippen molar-refractivity contribution >= 4 is 32.6 Å². The van der Waals surface area contributed by atoms with E-state index in [9.17, 15) is 4.79 Å². The Bertz CT molecular complexity index is 581. The number of benzene rings is 1. The quantitative estimate of drug-likeness (QED) is 0.889. The number of rotatable bonds is 2. The van der Waals surface area contributed by atoms with E-state index >= 15 is 0 Å². The minimum Gasteiger partial charge on any atom is -0.302 e. The molecule has 0 bridgehead atoms. The monoisotopic (exact) mass is 262 g/mol. The summed E-state index contributed by atoms with van der Waals surface area (Å²) in [5.41, 5.74) is 2.15. The number of hydrogen-bond acceptors (Lipinski definition) is 3. The molecule has 18 heavy (non-hydrogen) atoms. The Morgan fingerprint density at radius 3 is 2.78 bits per heavy atom. The van der Waals surface area contributed by atoms with Crippen molar-refractivity contribution in [3.8, 4) is 0 Å². The molecule has 1 heterocycles. The lowest BCUT2D eigenvalue weighted by atomic mass is 9.92. The van der Waals surface area contributed by atoms with Crippen LogP contribution in [0.25, 0.3) is 10.2 Å². The summed E-state index contributed by atoms with van der Waals surface area (Å²) in [6, 6.07) is 6.11. The second kappa shape index (κ2) is 4.69. The molecule has 0 atom stereocenters. The van der Waals surface area contributed by atoms with Gasteiger partial charge in [0.25, 0.3) is 0 Å². The summed E-state index contributed by atoms with van der Waals surface area (Å²) >= 11 is 1.52. The summed E-state index contributed by atoms with van der Waals surface area (Å²) in [6.07, 6.45) is 0.502. The van der Waals surface area contributed by atoms with E-state index in [1.165, 1.54) is 16.9 Å². The van der Waals surface area contributed by atoms with E-state index in [0.717, 1.165) is 10.2 Å². The molecular formula is C14H18N2OS. The highest BCUT2D eigenvalue weighted by Gasteiger charge is 2.17. The van der Waals surface area contributed by atoms with Gasteiger partial charge in [-0.05, 0) is 30.0 Å². The van der Waals surface area contributed by atoms with E-state index in [1.807, 2.05) is 32.9 Å². The smallest absolute Gasteiger partial charge is 0.226 e. The van der Waals surface area contributed by atoms with Crippen molar-refractivity contribution in [2.75, 3.05) is 5.32 Å². The van der Waals surface area contributed by atoms with Crippen LogP contribution in [0, 0.1) is 12.3 Å². The summed E-state index contributed by atoms with van der Waals surface area (Å²) in [5.74, 6) is 0.0262. The molecule has 1 aromatic carbocycles. The van der Waals surface area contributed by atoms with Crippen molar-refractivity contribution < 1.29 is 4.79 Å². The van der Waals surface area contributed by atoms with Crippen LogP contribution in [0.3, 0.4) is 0 Å². The molecule has 0 aliphatic rings. The Kier molecular flexibility index (Phi) is 3.39. The normalized spacial score (nSPS) is 11.8. The number of anilines is 1. The lowest BCUT2D eigenvalue weighted by Crippen LogP contribution is -2.19. The van der Waals surface area contributed by atoms with Gasteiger partial charge in [0.1, 0.15) is 0 Å². The Morgan fingerprint density at radius 1 is 1.39 bits per heavy atom. The highest BCUT2D eigenvalue weighted by atomic mass is 32.1. The van der Waals surface area contributed by atoms with E-state index in [2.05, 4.69) is 23.3 Å². The Morgan fingerprint density at radius 2 is 2.11 bits per heavy atom. The number of aromatic nitrogens is 1. The molecular weight excluding hydrogens is 244 g/mol. The number of amides is 1. The van der Waals surface area contributed by atoms with E-state index in [1.54, 1.807) is 0 Å². The molecule has 3 nitrogen and oxygen atoms in total. The third kappa shape index (κ3) is 3.29. The Labute approximate surface area is 111 Å². The number of hydrogen-bond donors (Lipinski definition) is 1. The van der Waals surface area contributed by atoms with Gasteiger partial charge in [-0.1, -0.05) is 38.2 Å². The summed E-state index contributed by atoms with van der Waals surface area (Å²) in [7, 11) is 0. The van der Waals surface area contributed by atoms with Gasteiger partial charge in [0.05, 0.1) is 10.2 Å². The zero-order valence-electron chi connectivity index (χ0n) is 11.2. The molecule has 0 fully saturated rings. The topological polar surface area (TPSA) is 42.0 Å². The third-order valence-electron chi connectivity index (χ3n) is 2.48. The van der Waals surface area contributed by atoms with Gasteiger partial charge in [0.15, 0.2) is 5.13 Å². The number of fused-ring (bicyclic) bond motifs is 1. The predicted octanol–water partition coefficient (Wildman–Crippen LogP) is 3.98. The Balaban J connectivity index is 2.15. The van der Waals surface area contributed by atoms with Crippen LogP contribution in [-0.4, -0.2) is 10.9 Å².